The molecule has 0 unspecified atom stereocenters. The quantitative estimate of drug-likeness (QED) is 0.740. The largest absolute Gasteiger partial charge is 0.299 e. The van der Waals surface area contributed by atoms with Crippen molar-refractivity contribution in [2.24, 2.45) is 0 Å². The number of hydrogen-bond acceptors (Lipinski definition) is 2. The third-order valence-electron chi connectivity index (χ3n) is 4.65. The van der Waals surface area contributed by atoms with Crippen LogP contribution in [0, 0.1) is 24.4 Å². The van der Waals surface area contributed by atoms with Gasteiger partial charge in [0.2, 0.25) is 0 Å². The second-order valence-electron chi connectivity index (χ2n) is 6.36. The van der Waals surface area contributed by atoms with Crippen molar-refractivity contribution >= 4 is 5.57 Å². The normalized spacial score (nSPS) is 15.3. The number of aryl methyl sites for hydroxylation is 1. The lowest BCUT2D eigenvalue weighted by Crippen LogP contribution is -2.30. The van der Waals surface area contributed by atoms with Crippen molar-refractivity contribution in [1.82, 2.24) is 9.88 Å². The van der Waals surface area contributed by atoms with Crippen LogP contribution in [0.3, 0.4) is 0 Å². The van der Waals surface area contributed by atoms with E-state index < -0.39 is 17.5 Å². The Morgan fingerprint density at radius 1 is 1.16 bits per heavy atom. The molecule has 1 aliphatic rings. The van der Waals surface area contributed by atoms with E-state index in [1.807, 2.05) is 24.3 Å². The molecule has 0 saturated carbocycles. The van der Waals surface area contributed by atoms with Crippen LogP contribution >= 0.6 is 0 Å². The van der Waals surface area contributed by atoms with Gasteiger partial charge >= 0.3 is 0 Å². The molecule has 25 heavy (non-hydrogen) atoms. The van der Waals surface area contributed by atoms with Crippen LogP contribution in [0.1, 0.15) is 29.7 Å². The van der Waals surface area contributed by atoms with Crippen LogP contribution in [-0.4, -0.2) is 29.5 Å². The summed E-state index contributed by atoms with van der Waals surface area (Å²) in [4.78, 5) is 6.58. The van der Waals surface area contributed by atoms with Crippen molar-refractivity contribution in [2.45, 2.75) is 26.2 Å². The molecule has 132 valence electrons. The standard InChI is InChI=1S/C20H21F3N2/c1-14-19(22)17(13-18(21)20(14)23)15-7-11-25(12-8-15)10-4-6-16-5-2-3-9-24-16/h2-3,5,7,9,13H,4,6,8,10-12H2,1H3. The van der Waals surface area contributed by atoms with Crippen LogP contribution in [0.25, 0.3) is 5.57 Å². The number of rotatable bonds is 5. The fourth-order valence-corrected chi connectivity index (χ4v) is 3.15. The fraction of sp³-hybridized carbons (Fsp3) is 0.350. The molecule has 0 bridgehead atoms. The van der Waals surface area contributed by atoms with Crippen molar-refractivity contribution in [3.05, 3.63) is 70.8 Å². The van der Waals surface area contributed by atoms with E-state index in [0.29, 0.717) is 13.0 Å². The molecular weight excluding hydrogens is 325 g/mol. The third-order valence-corrected chi connectivity index (χ3v) is 4.65. The maximum Gasteiger partial charge on any atom is 0.164 e. The summed E-state index contributed by atoms with van der Waals surface area (Å²) in [7, 11) is 0. The van der Waals surface area contributed by atoms with Crippen LogP contribution < -0.4 is 0 Å². The van der Waals surface area contributed by atoms with E-state index in [1.54, 1.807) is 6.20 Å². The number of halogens is 3. The van der Waals surface area contributed by atoms with Crippen LogP contribution in [-0.2, 0) is 6.42 Å². The van der Waals surface area contributed by atoms with E-state index >= 15 is 0 Å². The highest BCUT2D eigenvalue weighted by Crippen LogP contribution is 2.29. The molecule has 2 aromatic rings. The molecule has 1 aromatic carbocycles. The van der Waals surface area contributed by atoms with E-state index in [4.69, 9.17) is 0 Å². The van der Waals surface area contributed by atoms with Crippen LogP contribution in [0.15, 0.2) is 36.5 Å². The predicted molar refractivity (Wildman–Crippen MR) is 92.6 cm³/mol. The van der Waals surface area contributed by atoms with E-state index in [-0.39, 0.29) is 11.1 Å². The number of aromatic nitrogens is 1. The first-order valence-electron chi connectivity index (χ1n) is 8.52. The van der Waals surface area contributed by atoms with E-state index in [0.717, 1.165) is 43.3 Å². The molecule has 1 aromatic heterocycles. The van der Waals surface area contributed by atoms with Gasteiger partial charge in [-0.1, -0.05) is 12.1 Å². The molecule has 2 nitrogen and oxygen atoms in total. The Balaban J connectivity index is 1.59. The highest BCUT2D eigenvalue weighted by Gasteiger charge is 2.20. The van der Waals surface area contributed by atoms with Crippen molar-refractivity contribution in [3.63, 3.8) is 0 Å². The maximum absolute atomic E-state index is 14.2. The van der Waals surface area contributed by atoms with Gasteiger partial charge in [-0.05, 0) is 56.5 Å². The van der Waals surface area contributed by atoms with Gasteiger partial charge < -0.3 is 0 Å². The van der Waals surface area contributed by atoms with Gasteiger partial charge in [0.05, 0.1) is 0 Å². The molecule has 5 heteroatoms. The zero-order valence-corrected chi connectivity index (χ0v) is 14.2. The predicted octanol–water partition coefficient (Wildman–Crippen LogP) is 4.53. The molecule has 2 heterocycles. The van der Waals surface area contributed by atoms with Crippen molar-refractivity contribution in [1.29, 1.82) is 0 Å². The summed E-state index contributed by atoms with van der Waals surface area (Å²) in [6.45, 7) is 3.67. The van der Waals surface area contributed by atoms with Crippen molar-refractivity contribution in [2.75, 3.05) is 19.6 Å². The third kappa shape index (κ3) is 4.10. The van der Waals surface area contributed by atoms with E-state index in [1.165, 1.54) is 6.92 Å². The Morgan fingerprint density at radius 3 is 2.68 bits per heavy atom. The first-order chi connectivity index (χ1) is 12.1. The van der Waals surface area contributed by atoms with Gasteiger partial charge in [-0.2, -0.15) is 0 Å². The first kappa shape index (κ1) is 17.7. The average Bonchev–Trinajstić information content (AvgIpc) is 2.64. The average molecular weight is 346 g/mol. The van der Waals surface area contributed by atoms with Gasteiger partial charge in [-0.25, -0.2) is 13.2 Å². The topological polar surface area (TPSA) is 16.1 Å². The first-order valence-corrected chi connectivity index (χ1v) is 8.52. The summed E-state index contributed by atoms with van der Waals surface area (Å²) in [5.74, 6) is -2.75. The Hall–Kier alpha value is -2.14. The van der Waals surface area contributed by atoms with Gasteiger partial charge in [-0.3, -0.25) is 9.88 Å². The van der Waals surface area contributed by atoms with Gasteiger partial charge in [-0.15, -0.1) is 0 Å². The Kier molecular flexibility index (Phi) is 5.53. The second kappa shape index (κ2) is 7.83. The smallest absolute Gasteiger partial charge is 0.164 e. The SMILES string of the molecule is Cc1c(F)c(F)cc(C2=CCN(CCCc3ccccn3)CC2)c1F. The van der Waals surface area contributed by atoms with E-state index in [9.17, 15) is 13.2 Å². The zero-order chi connectivity index (χ0) is 17.8. The highest BCUT2D eigenvalue weighted by molar-refractivity contribution is 5.68. The van der Waals surface area contributed by atoms with Crippen LogP contribution in [0.2, 0.25) is 0 Å². The molecule has 0 amide bonds. The second-order valence-corrected chi connectivity index (χ2v) is 6.36. The summed E-state index contributed by atoms with van der Waals surface area (Å²) in [5.41, 5.74) is 1.76. The lowest BCUT2D eigenvalue weighted by Gasteiger charge is -2.26. The highest BCUT2D eigenvalue weighted by atomic mass is 19.2. The number of benzene rings is 1. The molecule has 3 rings (SSSR count). The monoisotopic (exact) mass is 346 g/mol. The summed E-state index contributed by atoms with van der Waals surface area (Å²) >= 11 is 0. The Labute approximate surface area is 146 Å². The summed E-state index contributed by atoms with van der Waals surface area (Å²) in [6.07, 6.45) is 6.26. The number of hydrogen-bond donors (Lipinski definition) is 0. The van der Waals surface area contributed by atoms with Crippen LogP contribution in [0.5, 0.6) is 0 Å². The van der Waals surface area contributed by atoms with Crippen LogP contribution in [0.4, 0.5) is 13.2 Å². The maximum atomic E-state index is 14.2. The fourth-order valence-electron chi connectivity index (χ4n) is 3.15. The molecule has 0 radical (unpaired) electrons. The van der Waals surface area contributed by atoms with Gasteiger partial charge in [0.15, 0.2) is 11.6 Å². The molecule has 0 spiro atoms. The molecule has 0 fully saturated rings. The van der Waals surface area contributed by atoms with Gasteiger partial charge in [0.25, 0.3) is 0 Å². The summed E-state index contributed by atoms with van der Waals surface area (Å²) < 4.78 is 41.3. The molecule has 0 saturated heterocycles. The molecular formula is C20H21F3N2. The van der Waals surface area contributed by atoms with Gasteiger partial charge in [0, 0.05) is 36.1 Å². The minimum atomic E-state index is -1.10. The number of nitrogens with zero attached hydrogens (tertiary/aromatic N) is 2. The molecule has 0 N–H and O–H groups in total. The van der Waals surface area contributed by atoms with E-state index in [2.05, 4.69) is 9.88 Å². The Bertz CT molecular complexity index is 772. The van der Waals surface area contributed by atoms with Gasteiger partial charge in [0.1, 0.15) is 5.82 Å². The Morgan fingerprint density at radius 2 is 2.00 bits per heavy atom. The van der Waals surface area contributed by atoms with Crippen molar-refractivity contribution in [3.8, 4) is 0 Å². The zero-order valence-electron chi connectivity index (χ0n) is 14.2. The minimum Gasteiger partial charge on any atom is -0.299 e. The minimum absolute atomic E-state index is 0.185. The molecule has 1 aliphatic heterocycles. The summed E-state index contributed by atoms with van der Waals surface area (Å²) in [5, 5.41) is 0. The lowest BCUT2D eigenvalue weighted by atomic mass is 9.96. The van der Waals surface area contributed by atoms with Crippen molar-refractivity contribution < 1.29 is 13.2 Å². The molecule has 0 aliphatic carbocycles. The number of pyridine rings is 1. The lowest BCUT2D eigenvalue weighted by molar-refractivity contribution is 0.297. The summed E-state index contributed by atoms with van der Waals surface area (Å²) in [6, 6.07) is 6.87. The molecule has 0 atom stereocenters.